The number of amides is 3. The maximum absolute atomic E-state index is 13.2. The number of hydrogen-bond donors (Lipinski definition) is 1. The van der Waals surface area contributed by atoms with Crippen LogP contribution in [-0.2, 0) is 0 Å². The minimum Gasteiger partial charge on any atom is -0.334 e. The molecule has 0 unspecified atom stereocenters. The number of pyridine rings is 1. The van der Waals surface area contributed by atoms with Crippen molar-refractivity contribution < 1.29 is 9.59 Å². The zero-order valence-corrected chi connectivity index (χ0v) is 18.0. The molecule has 0 spiro atoms. The Morgan fingerprint density at radius 1 is 1.00 bits per heavy atom. The summed E-state index contributed by atoms with van der Waals surface area (Å²) < 4.78 is 1.60. The highest BCUT2D eigenvalue weighted by molar-refractivity contribution is 6.30. The lowest BCUT2D eigenvalue weighted by Gasteiger charge is -2.34. The minimum absolute atomic E-state index is 0.0721. The summed E-state index contributed by atoms with van der Waals surface area (Å²) in [6, 6.07) is 10.2. The van der Waals surface area contributed by atoms with Gasteiger partial charge < -0.3 is 15.1 Å². The van der Waals surface area contributed by atoms with Gasteiger partial charge in [-0.15, -0.1) is 0 Å². The molecule has 1 saturated heterocycles. The first-order valence-corrected chi connectivity index (χ1v) is 10.9. The van der Waals surface area contributed by atoms with Crippen LogP contribution in [0.25, 0.3) is 11.2 Å². The van der Waals surface area contributed by atoms with E-state index in [1.165, 1.54) is 0 Å². The number of nitrogens with zero attached hydrogens (tertiary/aromatic N) is 5. The molecule has 2 aromatic heterocycles. The summed E-state index contributed by atoms with van der Waals surface area (Å²) in [7, 11) is 0. The third-order valence-electron chi connectivity index (χ3n) is 5.71. The molecular weight excluding hydrogens is 432 g/mol. The number of aromatic nitrogens is 3. The van der Waals surface area contributed by atoms with Gasteiger partial charge in [0.2, 0.25) is 0 Å². The van der Waals surface area contributed by atoms with Gasteiger partial charge in [-0.05, 0) is 49.2 Å². The van der Waals surface area contributed by atoms with Crippen LogP contribution in [0.3, 0.4) is 0 Å². The van der Waals surface area contributed by atoms with E-state index in [0.29, 0.717) is 48.1 Å². The Kier molecular flexibility index (Phi) is 5.26. The van der Waals surface area contributed by atoms with Crippen molar-refractivity contribution in [3.8, 4) is 0 Å². The molecular formula is C22H21ClN6O3. The largest absolute Gasteiger partial charge is 0.334 e. The molecule has 5 rings (SSSR count). The Balaban J connectivity index is 1.30. The molecule has 1 aliphatic carbocycles. The molecule has 1 aromatic carbocycles. The van der Waals surface area contributed by atoms with Crippen molar-refractivity contribution in [2.24, 2.45) is 0 Å². The maximum Gasteiger partial charge on any atom is 0.321 e. The first kappa shape index (κ1) is 20.4. The molecule has 3 heterocycles. The van der Waals surface area contributed by atoms with Gasteiger partial charge >= 0.3 is 6.03 Å². The summed E-state index contributed by atoms with van der Waals surface area (Å²) in [6.45, 7) is 1.36. The Hall–Kier alpha value is -3.46. The fraction of sp³-hybridized carbons (Fsp3) is 0.318. The smallest absolute Gasteiger partial charge is 0.321 e. The molecule has 1 N–H and O–H groups in total. The van der Waals surface area contributed by atoms with Crippen molar-refractivity contribution in [2.45, 2.75) is 18.9 Å². The highest BCUT2D eigenvalue weighted by atomic mass is 35.5. The van der Waals surface area contributed by atoms with Gasteiger partial charge in [0.05, 0.1) is 0 Å². The molecule has 1 aliphatic heterocycles. The molecule has 1 saturated carbocycles. The van der Waals surface area contributed by atoms with Crippen LogP contribution in [-0.4, -0.2) is 62.5 Å². The monoisotopic (exact) mass is 452 g/mol. The van der Waals surface area contributed by atoms with E-state index in [4.69, 9.17) is 11.6 Å². The summed E-state index contributed by atoms with van der Waals surface area (Å²) in [6.07, 6.45) is 3.41. The summed E-state index contributed by atoms with van der Waals surface area (Å²) >= 11 is 5.87. The number of piperazine rings is 1. The number of anilines is 1. The van der Waals surface area contributed by atoms with Crippen LogP contribution in [0.5, 0.6) is 0 Å². The Morgan fingerprint density at radius 3 is 2.38 bits per heavy atom. The third kappa shape index (κ3) is 3.91. The number of carbonyl (C=O) groups excluding carboxylic acids is 2. The SMILES string of the molecule is O=C(Nc1ccc(Cl)cc1)N1CCN(C(=O)c2nc3cccnc3n(C3CC3)c2=O)CC1. The molecule has 0 atom stereocenters. The molecule has 2 fully saturated rings. The van der Waals surface area contributed by atoms with Gasteiger partial charge in [-0.25, -0.2) is 14.8 Å². The first-order chi connectivity index (χ1) is 15.5. The van der Waals surface area contributed by atoms with Gasteiger partial charge in [0.15, 0.2) is 11.3 Å². The van der Waals surface area contributed by atoms with E-state index in [9.17, 15) is 14.4 Å². The Morgan fingerprint density at radius 2 is 1.69 bits per heavy atom. The highest BCUT2D eigenvalue weighted by Gasteiger charge is 2.32. The van der Waals surface area contributed by atoms with Crippen LogP contribution in [0.4, 0.5) is 10.5 Å². The van der Waals surface area contributed by atoms with Gasteiger partial charge in [-0.1, -0.05) is 11.6 Å². The second kappa shape index (κ2) is 8.23. The van der Waals surface area contributed by atoms with Crippen molar-refractivity contribution in [1.82, 2.24) is 24.3 Å². The van der Waals surface area contributed by atoms with Crippen molar-refractivity contribution in [2.75, 3.05) is 31.5 Å². The van der Waals surface area contributed by atoms with Crippen LogP contribution in [0.2, 0.25) is 5.02 Å². The van der Waals surface area contributed by atoms with Crippen LogP contribution in [0.1, 0.15) is 29.4 Å². The van der Waals surface area contributed by atoms with Crippen LogP contribution < -0.4 is 10.9 Å². The number of carbonyl (C=O) groups is 2. The second-order valence-corrected chi connectivity index (χ2v) is 8.37. The summed E-state index contributed by atoms with van der Waals surface area (Å²) in [4.78, 5) is 50.6. The van der Waals surface area contributed by atoms with Crippen molar-refractivity contribution in [1.29, 1.82) is 0 Å². The quantitative estimate of drug-likeness (QED) is 0.658. The zero-order chi connectivity index (χ0) is 22.2. The maximum atomic E-state index is 13.2. The van der Waals surface area contributed by atoms with E-state index in [2.05, 4.69) is 15.3 Å². The fourth-order valence-electron chi connectivity index (χ4n) is 3.85. The molecule has 9 nitrogen and oxygen atoms in total. The van der Waals surface area contributed by atoms with E-state index >= 15 is 0 Å². The van der Waals surface area contributed by atoms with E-state index in [0.717, 1.165) is 12.8 Å². The molecule has 164 valence electrons. The fourth-order valence-corrected chi connectivity index (χ4v) is 3.97. The third-order valence-corrected chi connectivity index (χ3v) is 5.96. The molecule has 32 heavy (non-hydrogen) atoms. The predicted octanol–water partition coefficient (Wildman–Crippen LogP) is 2.77. The van der Waals surface area contributed by atoms with E-state index in [1.807, 2.05) is 0 Å². The van der Waals surface area contributed by atoms with Gasteiger partial charge in [0, 0.05) is 49.1 Å². The van der Waals surface area contributed by atoms with Crippen LogP contribution in [0, 0.1) is 0 Å². The van der Waals surface area contributed by atoms with Crippen molar-refractivity contribution in [3.63, 3.8) is 0 Å². The van der Waals surface area contributed by atoms with E-state index < -0.39 is 11.5 Å². The number of nitrogens with one attached hydrogen (secondary N) is 1. The van der Waals surface area contributed by atoms with Crippen LogP contribution >= 0.6 is 11.6 Å². The minimum atomic E-state index is -0.409. The topological polar surface area (TPSA) is 100 Å². The number of halogens is 1. The molecule has 3 amide bonds. The number of urea groups is 1. The van der Waals surface area contributed by atoms with Crippen LogP contribution in [0.15, 0.2) is 47.4 Å². The highest BCUT2D eigenvalue weighted by Crippen LogP contribution is 2.35. The lowest BCUT2D eigenvalue weighted by atomic mass is 10.2. The normalized spacial score (nSPS) is 16.3. The lowest BCUT2D eigenvalue weighted by Crippen LogP contribution is -2.52. The first-order valence-electron chi connectivity index (χ1n) is 10.5. The number of hydrogen-bond acceptors (Lipinski definition) is 5. The molecule has 2 aliphatic rings. The van der Waals surface area contributed by atoms with Crippen molar-refractivity contribution in [3.05, 3.63) is 63.7 Å². The van der Waals surface area contributed by atoms with Gasteiger partial charge in [-0.3, -0.25) is 14.2 Å². The molecule has 3 aromatic rings. The summed E-state index contributed by atoms with van der Waals surface area (Å²) in [5.74, 6) is -0.409. The Labute approximate surface area is 188 Å². The molecule has 0 radical (unpaired) electrons. The molecule has 10 heteroatoms. The molecule has 0 bridgehead atoms. The zero-order valence-electron chi connectivity index (χ0n) is 17.2. The number of fused-ring (bicyclic) bond motifs is 1. The van der Waals surface area contributed by atoms with Gasteiger partial charge in [0.1, 0.15) is 5.52 Å². The summed E-state index contributed by atoms with van der Waals surface area (Å²) in [5.41, 5.74) is 1.21. The average Bonchev–Trinajstić information content (AvgIpc) is 3.65. The number of benzene rings is 1. The average molecular weight is 453 g/mol. The van der Waals surface area contributed by atoms with Gasteiger partial charge in [0.25, 0.3) is 11.5 Å². The Bertz CT molecular complexity index is 1250. The van der Waals surface area contributed by atoms with E-state index in [-0.39, 0.29) is 17.8 Å². The second-order valence-electron chi connectivity index (χ2n) is 7.93. The van der Waals surface area contributed by atoms with E-state index in [1.54, 1.807) is 57.0 Å². The van der Waals surface area contributed by atoms with Gasteiger partial charge in [-0.2, -0.15) is 0 Å². The number of rotatable bonds is 3. The lowest BCUT2D eigenvalue weighted by molar-refractivity contribution is 0.0663. The summed E-state index contributed by atoms with van der Waals surface area (Å²) in [5, 5.41) is 3.41. The standard InChI is InChI=1S/C22H21ClN6O3/c23-14-3-5-15(6-4-14)25-22(32)28-12-10-27(11-13-28)20(30)18-21(31)29(16-7-8-16)19-17(26-18)2-1-9-24-19/h1-6,9,16H,7-8,10-13H2,(H,25,32). The predicted molar refractivity (Wildman–Crippen MR) is 120 cm³/mol. The van der Waals surface area contributed by atoms with Crippen molar-refractivity contribution >= 4 is 40.4 Å².